The average molecular weight is 423 g/mol. The van der Waals surface area contributed by atoms with Crippen molar-refractivity contribution in [2.24, 2.45) is 0 Å². The summed E-state index contributed by atoms with van der Waals surface area (Å²) in [6.45, 7) is 6.36. The number of rotatable bonds is 6. The van der Waals surface area contributed by atoms with E-state index in [9.17, 15) is 4.79 Å². The van der Waals surface area contributed by atoms with Gasteiger partial charge in [-0.05, 0) is 63.2 Å². The molecule has 6 nitrogen and oxygen atoms in total. The molecule has 0 aliphatic carbocycles. The molecule has 0 saturated carbocycles. The molecule has 2 aromatic heterocycles. The highest BCUT2D eigenvalue weighted by molar-refractivity contribution is 7.16. The van der Waals surface area contributed by atoms with Gasteiger partial charge in [0.25, 0.3) is 5.91 Å². The predicted octanol–water partition coefficient (Wildman–Crippen LogP) is 5.83. The van der Waals surface area contributed by atoms with Crippen LogP contribution in [0, 0.1) is 13.8 Å². The molecule has 4 rings (SSSR count). The number of hydrogen-bond donors (Lipinski definition) is 1. The second-order valence-corrected chi connectivity index (χ2v) is 7.96. The molecule has 0 aliphatic rings. The minimum absolute atomic E-state index is 0.275. The first kappa shape index (κ1) is 20.0. The summed E-state index contributed by atoms with van der Waals surface area (Å²) < 4.78 is 16.6. The first-order valence-electron chi connectivity index (χ1n) is 9.59. The van der Waals surface area contributed by atoms with E-state index in [1.165, 1.54) is 11.3 Å². The van der Waals surface area contributed by atoms with E-state index < -0.39 is 0 Å². The van der Waals surface area contributed by atoms with Crippen LogP contribution in [0.3, 0.4) is 0 Å². The Morgan fingerprint density at radius 2 is 1.87 bits per heavy atom. The van der Waals surface area contributed by atoms with Crippen molar-refractivity contribution in [3.63, 3.8) is 0 Å². The zero-order valence-electron chi connectivity index (χ0n) is 17.2. The molecule has 1 N–H and O–H groups in total. The maximum atomic E-state index is 12.9. The number of furan rings is 1. The van der Waals surface area contributed by atoms with E-state index >= 15 is 0 Å². The monoisotopic (exact) mass is 422 g/mol. The number of benzene rings is 2. The number of nitrogens with zero attached hydrogens (tertiary/aromatic N) is 1. The molecule has 0 atom stereocenters. The fourth-order valence-electron chi connectivity index (χ4n) is 3.29. The van der Waals surface area contributed by atoms with Crippen LogP contribution in [0.4, 0.5) is 5.13 Å². The van der Waals surface area contributed by atoms with Crippen LogP contribution in [0.5, 0.6) is 11.5 Å². The number of amides is 1. The number of methoxy groups -OCH3 is 1. The normalized spacial score (nSPS) is 10.9. The second-order valence-electron chi connectivity index (χ2n) is 6.75. The molecule has 0 fully saturated rings. The third kappa shape index (κ3) is 3.76. The lowest BCUT2D eigenvalue weighted by Gasteiger charge is -2.02. The molecule has 0 saturated heterocycles. The molecule has 0 unspecified atom stereocenters. The minimum atomic E-state index is -0.323. The van der Waals surface area contributed by atoms with Crippen LogP contribution in [0.15, 0.2) is 46.9 Å². The predicted molar refractivity (Wildman–Crippen MR) is 119 cm³/mol. The Hall–Kier alpha value is -3.32. The summed E-state index contributed by atoms with van der Waals surface area (Å²) >= 11 is 1.43. The topological polar surface area (TPSA) is 73.6 Å². The number of nitrogens with one attached hydrogen (secondary N) is 1. The lowest BCUT2D eigenvalue weighted by molar-refractivity contribution is 0.0998. The molecule has 154 valence electrons. The number of anilines is 1. The fourth-order valence-corrected chi connectivity index (χ4v) is 4.12. The smallest absolute Gasteiger partial charge is 0.293 e. The fraction of sp³-hybridized carbons (Fsp3) is 0.217. The second kappa shape index (κ2) is 8.20. The van der Waals surface area contributed by atoms with Gasteiger partial charge in [-0.2, -0.15) is 0 Å². The SMILES string of the molecule is CCOc1ccc2oc(C(=O)Nc3nc(-c4ccc(OC)cc4)c(C)s3)c(C)c2c1. The molecule has 1 amide bonds. The number of thiazole rings is 1. The number of ether oxygens (including phenoxy) is 2. The van der Waals surface area contributed by atoms with Crippen LogP contribution >= 0.6 is 11.3 Å². The molecule has 30 heavy (non-hydrogen) atoms. The van der Waals surface area contributed by atoms with Gasteiger partial charge < -0.3 is 13.9 Å². The number of carbonyl (C=O) groups is 1. The van der Waals surface area contributed by atoms with Gasteiger partial charge in [-0.1, -0.05) is 0 Å². The van der Waals surface area contributed by atoms with E-state index in [-0.39, 0.29) is 11.7 Å². The Labute approximate surface area is 178 Å². The van der Waals surface area contributed by atoms with Crippen molar-refractivity contribution in [1.29, 1.82) is 0 Å². The van der Waals surface area contributed by atoms with Crippen LogP contribution in [-0.4, -0.2) is 24.6 Å². The number of aromatic nitrogens is 1. The highest BCUT2D eigenvalue weighted by atomic mass is 32.1. The van der Waals surface area contributed by atoms with Gasteiger partial charge >= 0.3 is 0 Å². The molecule has 4 aromatic rings. The Morgan fingerprint density at radius 3 is 2.57 bits per heavy atom. The molecular formula is C23H22N2O4S. The molecule has 0 radical (unpaired) electrons. The Morgan fingerprint density at radius 1 is 1.13 bits per heavy atom. The first-order valence-corrected chi connectivity index (χ1v) is 10.4. The van der Waals surface area contributed by atoms with E-state index in [1.807, 2.05) is 63.2 Å². The van der Waals surface area contributed by atoms with E-state index in [2.05, 4.69) is 10.3 Å². The Balaban J connectivity index is 1.59. The van der Waals surface area contributed by atoms with Gasteiger partial charge in [0.2, 0.25) is 0 Å². The number of carbonyl (C=O) groups excluding carboxylic acids is 1. The van der Waals surface area contributed by atoms with Crippen molar-refractivity contribution in [2.45, 2.75) is 20.8 Å². The molecule has 0 bridgehead atoms. The summed E-state index contributed by atoms with van der Waals surface area (Å²) in [4.78, 5) is 18.5. The first-order chi connectivity index (χ1) is 14.5. The summed E-state index contributed by atoms with van der Waals surface area (Å²) in [6.07, 6.45) is 0. The summed E-state index contributed by atoms with van der Waals surface area (Å²) in [7, 11) is 1.63. The highest BCUT2D eigenvalue weighted by Gasteiger charge is 2.20. The van der Waals surface area contributed by atoms with Crippen molar-refractivity contribution in [1.82, 2.24) is 4.98 Å². The van der Waals surface area contributed by atoms with Gasteiger partial charge in [-0.15, -0.1) is 11.3 Å². The maximum Gasteiger partial charge on any atom is 0.293 e. The van der Waals surface area contributed by atoms with Crippen molar-refractivity contribution >= 4 is 33.3 Å². The van der Waals surface area contributed by atoms with Gasteiger partial charge in [0.15, 0.2) is 10.9 Å². The summed E-state index contributed by atoms with van der Waals surface area (Å²) in [5.41, 5.74) is 3.22. The van der Waals surface area contributed by atoms with Crippen LogP contribution < -0.4 is 14.8 Å². The Bertz CT molecular complexity index is 1210. The molecule has 0 spiro atoms. The quantitative estimate of drug-likeness (QED) is 0.423. The third-order valence-corrected chi connectivity index (χ3v) is 5.69. The van der Waals surface area contributed by atoms with Crippen LogP contribution in [-0.2, 0) is 0 Å². The minimum Gasteiger partial charge on any atom is -0.497 e. The standard InChI is InChI=1S/C23H22N2O4S/c1-5-28-17-10-11-19-18(12-17)13(2)21(29-19)22(26)25-23-24-20(14(3)30-23)15-6-8-16(27-4)9-7-15/h6-12H,5H2,1-4H3,(H,24,25,26). The Kier molecular flexibility index (Phi) is 5.46. The van der Waals surface area contributed by atoms with E-state index in [0.29, 0.717) is 17.3 Å². The molecule has 0 aliphatic heterocycles. The van der Waals surface area contributed by atoms with Gasteiger partial charge in [-0.3, -0.25) is 10.1 Å². The van der Waals surface area contributed by atoms with Gasteiger partial charge in [0, 0.05) is 21.4 Å². The largest absolute Gasteiger partial charge is 0.497 e. The number of fused-ring (bicyclic) bond motifs is 1. The van der Waals surface area contributed by atoms with Gasteiger partial charge in [-0.25, -0.2) is 4.98 Å². The zero-order chi connectivity index (χ0) is 21.3. The van der Waals surface area contributed by atoms with Crippen molar-refractivity contribution < 1.29 is 18.7 Å². The summed E-state index contributed by atoms with van der Waals surface area (Å²) in [5, 5.41) is 4.26. The molecule has 2 heterocycles. The third-order valence-electron chi connectivity index (χ3n) is 4.81. The average Bonchev–Trinajstić information content (AvgIpc) is 3.28. The van der Waals surface area contributed by atoms with Crippen LogP contribution in [0.1, 0.15) is 27.9 Å². The van der Waals surface area contributed by atoms with Crippen molar-refractivity contribution in [2.75, 3.05) is 19.0 Å². The van der Waals surface area contributed by atoms with Crippen LogP contribution in [0.2, 0.25) is 0 Å². The summed E-state index contributed by atoms with van der Waals surface area (Å²) in [6, 6.07) is 13.2. The highest BCUT2D eigenvalue weighted by Crippen LogP contribution is 2.33. The van der Waals surface area contributed by atoms with Gasteiger partial charge in [0.1, 0.15) is 17.1 Å². The lowest BCUT2D eigenvalue weighted by Crippen LogP contribution is -2.11. The maximum absolute atomic E-state index is 12.9. The molecular weight excluding hydrogens is 400 g/mol. The number of aryl methyl sites for hydroxylation is 2. The van der Waals surface area contributed by atoms with Crippen molar-refractivity contribution in [3.8, 4) is 22.8 Å². The van der Waals surface area contributed by atoms with Crippen molar-refractivity contribution in [3.05, 3.63) is 58.7 Å². The van der Waals surface area contributed by atoms with E-state index in [1.54, 1.807) is 7.11 Å². The molecule has 7 heteroatoms. The van der Waals surface area contributed by atoms with E-state index in [0.717, 1.165) is 38.6 Å². The van der Waals surface area contributed by atoms with Gasteiger partial charge in [0.05, 0.1) is 19.4 Å². The van der Waals surface area contributed by atoms with Crippen LogP contribution in [0.25, 0.3) is 22.2 Å². The number of hydrogen-bond acceptors (Lipinski definition) is 6. The lowest BCUT2D eigenvalue weighted by atomic mass is 10.1. The zero-order valence-corrected chi connectivity index (χ0v) is 18.1. The van der Waals surface area contributed by atoms with E-state index in [4.69, 9.17) is 13.9 Å². The molecule has 2 aromatic carbocycles. The summed E-state index contributed by atoms with van der Waals surface area (Å²) in [5.74, 6) is 1.49.